The Hall–Kier alpha value is -1.48. The molecular formula is C11H14N2O. The summed E-state index contributed by atoms with van der Waals surface area (Å²) in [4.78, 5) is 0. The van der Waals surface area contributed by atoms with Crippen molar-refractivity contribution in [3.05, 3.63) is 30.0 Å². The third-order valence-corrected chi connectivity index (χ3v) is 2.48. The van der Waals surface area contributed by atoms with Crippen LogP contribution in [0.3, 0.4) is 0 Å². The van der Waals surface area contributed by atoms with Gasteiger partial charge in [-0.1, -0.05) is 12.1 Å². The number of hydrogen-bond donors (Lipinski definition) is 1. The van der Waals surface area contributed by atoms with Gasteiger partial charge < -0.3 is 15.0 Å². The van der Waals surface area contributed by atoms with Gasteiger partial charge >= 0.3 is 0 Å². The van der Waals surface area contributed by atoms with Crippen molar-refractivity contribution in [3.8, 4) is 0 Å². The number of methoxy groups -OCH3 is 1. The molecule has 0 aliphatic heterocycles. The fourth-order valence-corrected chi connectivity index (χ4v) is 1.79. The Morgan fingerprint density at radius 2 is 2.21 bits per heavy atom. The summed E-state index contributed by atoms with van der Waals surface area (Å²) >= 11 is 0. The zero-order chi connectivity index (χ0) is 10.1. The molecule has 0 atom stereocenters. The average Bonchev–Trinajstić information content (AvgIpc) is 2.46. The van der Waals surface area contributed by atoms with Crippen LogP contribution in [0.4, 0.5) is 5.69 Å². The summed E-state index contributed by atoms with van der Waals surface area (Å²) in [6.07, 6.45) is 0. The van der Waals surface area contributed by atoms with Gasteiger partial charge in [-0.15, -0.1) is 0 Å². The van der Waals surface area contributed by atoms with Gasteiger partial charge in [0.05, 0.1) is 17.8 Å². The molecule has 0 amide bonds. The van der Waals surface area contributed by atoms with Crippen molar-refractivity contribution in [1.82, 2.24) is 4.57 Å². The van der Waals surface area contributed by atoms with Crippen LogP contribution in [0.25, 0.3) is 10.9 Å². The zero-order valence-corrected chi connectivity index (χ0v) is 8.45. The van der Waals surface area contributed by atoms with E-state index < -0.39 is 0 Å². The number of benzene rings is 1. The molecule has 14 heavy (non-hydrogen) atoms. The van der Waals surface area contributed by atoms with E-state index in [4.69, 9.17) is 10.5 Å². The minimum absolute atomic E-state index is 0.616. The zero-order valence-electron chi connectivity index (χ0n) is 8.45. The van der Waals surface area contributed by atoms with E-state index in [1.54, 1.807) is 7.11 Å². The van der Waals surface area contributed by atoms with Gasteiger partial charge in [-0.3, -0.25) is 0 Å². The van der Waals surface area contributed by atoms with Gasteiger partial charge in [-0.2, -0.15) is 0 Å². The molecule has 0 bridgehead atoms. The van der Waals surface area contributed by atoms with Crippen molar-refractivity contribution >= 4 is 16.6 Å². The maximum Gasteiger partial charge on any atom is 0.0864 e. The molecule has 74 valence electrons. The number of hydrogen-bond acceptors (Lipinski definition) is 2. The number of nitrogen functional groups attached to an aromatic ring is 1. The number of para-hydroxylation sites is 1. The summed E-state index contributed by atoms with van der Waals surface area (Å²) in [6, 6.07) is 8.05. The molecule has 0 spiro atoms. The van der Waals surface area contributed by atoms with Crippen molar-refractivity contribution in [2.75, 3.05) is 12.8 Å². The molecule has 0 fully saturated rings. The number of fused-ring (bicyclic) bond motifs is 1. The largest absolute Gasteiger partial charge is 0.397 e. The molecule has 2 N–H and O–H groups in total. The van der Waals surface area contributed by atoms with Gasteiger partial charge in [0.1, 0.15) is 0 Å². The number of aromatic nitrogens is 1. The first-order chi connectivity index (χ1) is 6.74. The first-order valence-electron chi connectivity index (χ1n) is 4.55. The van der Waals surface area contributed by atoms with Gasteiger partial charge in [0.15, 0.2) is 0 Å². The van der Waals surface area contributed by atoms with Crippen molar-refractivity contribution < 1.29 is 4.74 Å². The van der Waals surface area contributed by atoms with E-state index in [9.17, 15) is 0 Å². The van der Waals surface area contributed by atoms with Crippen LogP contribution in [0.2, 0.25) is 0 Å². The average molecular weight is 190 g/mol. The standard InChI is InChI=1S/C11H14N2O/c1-13-9(7-14-2)6-8-4-3-5-10(12)11(8)13/h3-6H,7,12H2,1-2H3. The summed E-state index contributed by atoms with van der Waals surface area (Å²) in [7, 11) is 3.70. The normalized spacial score (nSPS) is 11.0. The molecule has 0 saturated carbocycles. The van der Waals surface area contributed by atoms with Crippen LogP contribution in [-0.4, -0.2) is 11.7 Å². The lowest BCUT2D eigenvalue weighted by Crippen LogP contribution is -1.99. The van der Waals surface area contributed by atoms with E-state index in [0.29, 0.717) is 6.61 Å². The second kappa shape index (κ2) is 3.35. The monoisotopic (exact) mass is 190 g/mol. The summed E-state index contributed by atoms with van der Waals surface area (Å²) in [5.41, 5.74) is 8.94. The van der Waals surface area contributed by atoms with E-state index in [0.717, 1.165) is 16.9 Å². The van der Waals surface area contributed by atoms with Gasteiger partial charge in [-0.05, 0) is 12.1 Å². The van der Waals surface area contributed by atoms with E-state index >= 15 is 0 Å². The van der Waals surface area contributed by atoms with Crippen LogP contribution in [0.15, 0.2) is 24.3 Å². The first-order valence-corrected chi connectivity index (χ1v) is 4.55. The van der Waals surface area contributed by atoms with Crippen LogP contribution in [-0.2, 0) is 18.4 Å². The molecule has 0 radical (unpaired) electrons. The van der Waals surface area contributed by atoms with E-state index in [1.165, 1.54) is 5.39 Å². The van der Waals surface area contributed by atoms with Crippen molar-refractivity contribution in [2.45, 2.75) is 6.61 Å². The lowest BCUT2D eigenvalue weighted by molar-refractivity contribution is 0.179. The van der Waals surface area contributed by atoms with Crippen molar-refractivity contribution in [2.24, 2.45) is 7.05 Å². The number of nitrogens with zero attached hydrogens (tertiary/aromatic N) is 1. The Labute approximate surface area is 83.1 Å². The lowest BCUT2D eigenvalue weighted by atomic mass is 10.2. The molecular weight excluding hydrogens is 176 g/mol. The van der Waals surface area contributed by atoms with Gasteiger partial charge in [0, 0.05) is 25.2 Å². The highest BCUT2D eigenvalue weighted by Gasteiger charge is 2.06. The van der Waals surface area contributed by atoms with Crippen LogP contribution >= 0.6 is 0 Å². The molecule has 2 aromatic rings. The van der Waals surface area contributed by atoms with E-state index in [-0.39, 0.29) is 0 Å². The number of ether oxygens (including phenoxy) is 1. The Kier molecular flexibility index (Phi) is 2.17. The smallest absolute Gasteiger partial charge is 0.0864 e. The van der Waals surface area contributed by atoms with Gasteiger partial charge in [0.25, 0.3) is 0 Å². The van der Waals surface area contributed by atoms with Crippen LogP contribution in [0, 0.1) is 0 Å². The SMILES string of the molecule is COCc1cc2cccc(N)c2n1C. The first kappa shape index (κ1) is 9.09. The van der Waals surface area contributed by atoms with Crippen LogP contribution < -0.4 is 5.73 Å². The van der Waals surface area contributed by atoms with Crippen molar-refractivity contribution in [1.29, 1.82) is 0 Å². The fraction of sp³-hybridized carbons (Fsp3) is 0.273. The van der Waals surface area contributed by atoms with Crippen LogP contribution in [0.5, 0.6) is 0 Å². The third-order valence-electron chi connectivity index (χ3n) is 2.48. The highest BCUT2D eigenvalue weighted by molar-refractivity contribution is 5.91. The number of rotatable bonds is 2. The predicted molar refractivity (Wildman–Crippen MR) is 58.0 cm³/mol. The summed E-state index contributed by atoms with van der Waals surface area (Å²) in [5, 5.41) is 1.17. The second-order valence-corrected chi connectivity index (χ2v) is 3.41. The summed E-state index contributed by atoms with van der Waals surface area (Å²) < 4.78 is 7.19. The Balaban J connectivity index is 2.68. The fourth-order valence-electron chi connectivity index (χ4n) is 1.79. The quantitative estimate of drug-likeness (QED) is 0.735. The van der Waals surface area contributed by atoms with E-state index in [2.05, 4.69) is 16.7 Å². The van der Waals surface area contributed by atoms with Gasteiger partial charge in [-0.25, -0.2) is 0 Å². The Morgan fingerprint density at radius 3 is 2.86 bits per heavy atom. The summed E-state index contributed by atoms with van der Waals surface area (Å²) in [5.74, 6) is 0. The summed E-state index contributed by atoms with van der Waals surface area (Å²) in [6.45, 7) is 0.616. The molecule has 0 aliphatic rings. The molecule has 3 heteroatoms. The minimum atomic E-state index is 0.616. The molecule has 0 aliphatic carbocycles. The number of nitrogens with two attached hydrogens (primary N) is 1. The maximum absolute atomic E-state index is 5.90. The molecule has 1 aromatic carbocycles. The molecule has 3 nitrogen and oxygen atoms in total. The minimum Gasteiger partial charge on any atom is -0.397 e. The highest BCUT2D eigenvalue weighted by Crippen LogP contribution is 2.24. The lowest BCUT2D eigenvalue weighted by Gasteiger charge is -2.04. The topological polar surface area (TPSA) is 40.2 Å². The van der Waals surface area contributed by atoms with Crippen LogP contribution in [0.1, 0.15) is 5.69 Å². The highest BCUT2D eigenvalue weighted by atomic mass is 16.5. The maximum atomic E-state index is 5.90. The number of aryl methyl sites for hydroxylation is 1. The predicted octanol–water partition coefficient (Wildman–Crippen LogP) is 1.91. The molecule has 0 unspecified atom stereocenters. The van der Waals surface area contributed by atoms with Crippen molar-refractivity contribution in [3.63, 3.8) is 0 Å². The molecule has 1 aromatic heterocycles. The Bertz CT molecular complexity index is 460. The van der Waals surface area contributed by atoms with E-state index in [1.807, 2.05) is 19.2 Å². The third kappa shape index (κ3) is 1.26. The second-order valence-electron chi connectivity index (χ2n) is 3.41. The molecule has 2 rings (SSSR count). The van der Waals surface area contributed by atoms with Gasteiger partial charge in [0.2, 0.25) is 0 Å². The Morgan fingerprint density at radius 1 is 1.43 bits per heavy atom. The molecule has 0 saturated heterocycles. The number of anilines is 1. The molecule has 1 heterocycles.